The number of aryl methyl sites for hydroxylation is 1. The van der Waals surface area contributed by atoms with Gasteiger partial charge < -0.3 is 14.6 Å². The molecular formula is C16H21N5O. The molecule has 2 aromatic heterocycles. The highest BCUT2D eigenvalue weighted by Crippen LogP contribution is 2.40. The Kier molecular flexibility index (Phi) is 3.33. The Morgan fingerprint density at radius 1 is 1.18 bits per heavy atom. The molecule has 6 heteroatoms. The first-order chi connectivity index (χ1) is 10.8. The van der Waals surface area contributed by atoms with Crippen molar-refractivity contribution >= 4 is 5.82 Å². The van der Waals surface area contributed by atoms with Crippen LogP contribution in [0.2, 0.25) is 0 Å². The molecule has 0 aliphatic carbocycles. The normalized spacial score (nSPS) is 27.4. The highest BCUT2D eigenvalue weighted by atomic mass is 16.3. The van der Waals surface area contributed by atoms with Crippen LogP contribution in [0.25, 0.3) is 11.5 Å². The number of aliphatic hydroxyl groups is 1. The molecule has 1 N–H and O–H groups in total. The van der Waals surface area contributed by atoms with Gasteiger partial charge in [0.1, 0.15) is 5.69 Å². The maximum atomic E-state index is 9.42. The number of fused-ring (bicyclic) bond motifs is 2. The lowest BCUT2D eigenvalue weighted by Gasteiger charge is -2.39. The zero-order valence-corrected chi connectivity index (χ0v) is 12.8. The van der Waals surface area contributed by atoms with Crippen LogP contribution < -0.4 is 4.90 Å². The highest BCUT2D eigenvalue weighted by molar-refractivity contribution is 5.53. The van der Waals surface area contributed by atoms with E-state index in [0.29, 0.717) is 24.6 Å². The molecular weight excluding hydrogens is 278 g/mol. The Labute approximate surface area is 129 Å². The van der Waals surface area contributed by atoms with Gasteiger partial charge in [-0.15, -0.1) is 10.2 Å². The Morgan fingerprint density at radius 2 is 1.95 bits per heavy atom. The third-order valence-electron chi connectivity index (χ3n) is 5.05. The van der Waals surface area contributed by atoms with E-state index in [1.165, 1.54) is 12.8 Å². The molecule has 2 aromatic rings. The zero-order valence-electron chi connectivity index (χ0n) is 12.8. The average Bonchev–Trinajstić information content (AvgIpc) is 3.08. The fourth-order valence-electron chi connectivity index (χ4n) is 4.01. The molecule has 6 nitrogen and oxygen atoms in total. The smallest absolute Gasteiger partial charge is 0.160 e. The van der Waals surface area contributed by atoms with Crippen LogP contribution in [-0.2, 0) is 7.05 Å². The van der Waals surface area contributed by atoms with Crippen molar-refractivity contribution in [3.05, 3.63) is 24.5 Å². The predicted molar refractivity (Wildman–Crippen MR) is 83.3 cm³/mol. The van der Waals surface area contributed by atoms with Gasteiger partial charge in [0.15, 0.2) is 11.6 Å². The lowest BCUT2D eigenvalue weighted by atomic mass is 9.91. The second-order valence-corrected chi connectivity index (χ2v) is 6.45. The molecule has 0 aromatic carbocycles. The van der Waals surface area contributed by atoms with Crippen molar-refractivity contribution < 1.29 is 5.11 Å². The van der Waals surface area contributed by atoms with Crippen molar-refractivity contribution in [1.82, 2.24) is 19.7 Å². The van der Waals surface area contributed by atoms with E-state index in [2.05, 4.69) is 26.1 Å². The fraction of sp³-hybridized carbons (Fsp3) is 0.562. The number of aliphatic hydroxyl groups excluding tert-OH is 1. The van der Waals surface area contributed by atoms with Crippen LogP contribution in [0.15, 0.2) is 24.5 Å². The SMILES string of the molecule is Cn1ccnc1-c1ccc(N2[C@@H]3CC[C@H]2CC(CO)C3)nn1. The number of imidazole rings is 1. The van der Waals surface area contributed by atoms with Crippen molar-refractivity contribution in [1.29, 1.82) is 0 Å². The second-order valence-electron chi connectivity index (χ2n) is 6.45. The van der Waals surface area contributed by atoms with Crippen LogP contribution in [0, 0.1) is 5.92 Å². The molecule has 22 heavy (non-hydrogen) atoms. The lowest BCUT2D eigenvalue weighted by molar-refractivity contribution is 0.185. The maximum Gasteiger partial charge on any atom is 0.160 e. The van der Waals surface area contributed by atoms with Gasteiger partial charge in [0.05, 0.1) is 0 Å². The van der Waals surface area contributed by atoms with E-state index in [1.807, 2.05) is 23.9 Å². The zero-order chi connectivity index (χ0) is 15.1. The molecule has 0 amide bonds. The van der Waals surface area contributed by atoms with Gasteiger partial charge in [-0.2, -0.15) is 0 Å². The van der Waals surface area contributed by atoms with Crippen molar-refractivity contribution in [2.45, 2.75) is 37.8 Å². The van der Waals surface area contributed by atoms with E-state index in [1.54, 1.807) is 6.20 Å². The van der Waals surface area contributed by atoms with Gasteiger partial charge >= 0.3 is 0 Å². The van der Waals surface area contributed by atoms with Gasteiger partial charge in [-0.25, -0.2) is 4.98 Å². The molecule has 4 rings (SSSR count). The fourth-order valence-corrected chi connectivity index (χ4v) is 4.01. The topological polar surface area (TPSA) is 67.1 Å². The van der Waals surface area contributed by atoms with E-state index in [0.717, 1.165) is 30.2 Å². The molecule has 2 bridgehead atoms. The molecule has 4 heterocycles. The Hall–Kier alpha value is -1.95. The van der Waals surface area contributed by atoms with Crippen molar-refractivity contribution in [2.75, 3.05) is 11.5 Å². The largest absolute Gasteiger partial charge is 0.396 e. The molecule has 2 aliphatic rings. The molecule has 3 atom stereocenters. The Morgan fingerprint density at radius 3 is 2.50 bits per heavy atom. The third kappa shape index (κ3) is 2.18. The number of piperidine rings is 1. The molecule has 0 spiro atoms. The van der Waals surface area contributed by atoms with Crippen LogP contribution in [0.3, 0.4) is 0 Å². The van der Waals surface area contributed by atoms with Gasteiger partial charge in [-0.05, 0) is 43.7 Å². The predicted octanol–water partition coefficient (Wildman–Crippen LogP) is 1.62. The summed E-state index contributed by atoms with van der Waals surface area (Å²) in [5.74, 6) is 2.25. The van der Waals surface area contributed by atoms with E-state index in [-0.39, 0.29) is 0 Å². The number of nitrogens with zero attached hydrogens (tertiary/aromatic N) is 5. The lowest BCUT2D eigenvalue weighted by Crippen LogP contribution is -2.44. The van der Waals surface area contributed by atoms with Gasteiger partial charge in [-0.3, -0.25) is 0 Å². The number of anilines is 1. The van der Waals surface area contributed by atoms with Crippen molar-refractivity contribution in [3.8, 4) is 11.5 Å². The monoisotopic (exact) mass is 299 g/mol. The summed E-state index contributed by atoms with van der Waals surface area (Å²) in [6.07, 6.45) is 8.20. The average molecular weight is 299 g/mol. The number of aromatic nitrogens is 4. The quantitative estimate of drug-likeness (QED) is 0.933. The van der Waals surface area contributed by atoms with Gasteiger partial charge in [-0.1, -0.05) is 0 Å². The summed E-state index contributed by atoms with van der Waals surface area (Å²) < 4.78 is 1.94. The summed E-state index contributed by atoms with van der Waals surface area (Å²) in [4.78, 5) is 6.73. The van der Waals surface area contributed by atoms with E-state index < -0.39 is 0 Å². The minimum atomic E-state index is 0.310. The van der Waals surface area contributed by atoms with Gasteiger partial charge in [0.2, 0.25) is 0 Å². The molecule has 0 radical (unpaired) electrons. The summed E-state index contributed by atoms with van der Waals surface area (Å²) in [6, 6.07) is 5.07. The van der Waals surface area contributed by atoms with E-state index in [4.69, 9.17) is 0 Å². The maximum absolute atomic E-state index is 9.42. The van der Waals surface area contributed by atoms with Crippen molar-refractivity contribution in [2.24, 2.45) is 13.0 Å². The minimum absolute atomic E-state index is 0.310. The molecule has 116 valence electrons. The van der Waals surface area contributed by atoms with Crippen LogP contribution in [-0.4, -0.2) is 43.5 Å². The third-order valence-corrected chi connectivity index (χ3v) is 5.05. The molecule has 2 fully saturated rings. The summed E-state index contributed by atoms with van der Waals surface area (Å²) in [7, 11) is 1.96. The Balaban J connectivity index is 1.58. The Bertz CT molecular complexity index is 639. The van der Waals surface area contributed by atoms with Crippen LogP contribution in [0.4, 0.5) is 5.82 Å². The molecule has 0 saturated carbocycles. The first-order valence-electron chi connectivity index (χ1n) is 7.97. The van der Waals surface area contributed by atoms with Gasteiger partial charge in [0, 0.05) is 38.1 Å². The second kappa shape index (κ2) is 5.35. The highest BCUT2D eigenvalue weighted by Gasteiger charge is 2.41. The van der Waals surface area contributed by atoms with E-state index in [9.17, 15) is 5.11 Å². The van der Waals surface area contributed by atoms with E-state index >= 15 is 0 Å². The molecule has 1 unspecified atom stereocenters. The van der Waals surface area contributed by atoms with Gasteiger partial charge in [0.25, 0.3) is 0 Å². The van der Waals surface area contributed by atoms with Crippen LogP contribution >= 0.6 is 0 Å². The number of hydrogen-bond acceptors (Lipinski definition) is 5. The molecule has 2 saturated heterocycles. The summed E-state index contributed by atoms with van der Waals surface area (Å²) in [5.41, 5.74) is 0.800. The first kappa shape index (κ1) is 13.7. The summed E-state index contributed by atoms with van der Waals surface area (Å²) in [6.45, 7) is 0.310. The molecule has 2 aliphatic heterocycles. The van der Waals surface area contributed by atoms with Crippen LogP contribution in [0.1, 0.15) is 25.7 Å². The number of hydrogen-bond donors (Lipinski definition) is 1. The minimum Gasteiger partial charge on any atom is -0.396 e. The first-order valence-corrected chi connectivity index (χ1v) is 7.97. The van der Waals surface area contributed by atoms with Crippen molar-refractivity contribution in [3.63, 3.8) is 0 Å². The summed E-state index contributed by atoms with van der Waals surface area (Å²) >= 11 is 0. The standard InChI is InChI=1S/C16H21N5O/c1-20-7-6-17-16(20)14-4-5-15(19-18-14)21-12-2-3-13(21)9-11(8-12)10-22/h4-7,11-13,22H,2-3,8-10H2,1H3/t11?,12-,13+. The van der Waals surface area contributed by atoms with Crippen LogP contribution in [0.5, 0.6) is 0 Å². The summed E-state index contributed by atoms with van der Waals surface area (Å²) in [5, 5.41) is 18.2. The number of rotatable bonds is 3.